The van der Waals surface area contributed by atoms with Gasteiger partial charge in [0.05, 0.1) is 11.0 Å². The molecule has 9 heteroatoms. The number of rotatable bonds is 4. The topological polar surface area (TPSA) is 106 Å². The van der Waals surface area contributed by atoms with E-state index in [2.05, 4.69) is 15.4 Å². The molecule has 0 aliphatic carbocycles. The van der Waals surface area contributed by atoms with Gasteiger partial charge in [0.2, 0.25) is 5.82 Å². The van der Waals surface area contributed by atoms with Gasteiger partial charge in [-0.05, 0) is 31.4 Å². The number of nitrogens with zero attached hydrogens (tertiary/aromatic N) is 5. The summed E-state index contributed by atoms with van der Waals surface area (Å²) < 4.78 is 1.76. The zero-order chi connectivity index (χ0) is 18.0. The van der Waals surface area contributed by atoms with Gasteiger partial charge in [-0.2, -0.15) is 5.10 Å². The lowest BCUT2D eigenvalue weighted by Crippen LogP contribution is -2.37. The third-order valence-corrected chi connectivity index (χ3v) is 4.32. The molecule has 3 heterocycles. The molecule has 1 saturated heterocycles. The zero-order valence-corrected chi connectivity index (χ0v) is 14.2. The molecule has 0 saturated carbocycles. The molecule has 9 nitrogen and oxygen atoms in total. The normalized spacial score (nSPS) is 17.4. The summed E-state index contributed by atoms with van der Waals surface area (Å²) >= 11 is 0. The van der Waals surface area contributed by atoms with Crippen LogP contribution in [0.1, 0.15) is 34.9 Å². The Labute approximate surface area is 144 Å². The minimum atomic E-state index is -0.392. The van der Waals surface area contributed by atoms with E-state index in [1.54, 1.807) is 43.2 Å². The maximum Gasteiger partial charge on any atom is 0.311 e. The fourth-order valence-corrected chi connectivity index (χ4v) is 3.08. The molecule has 132 valence electrons. The summed E-state index contributed by atoms with van der Waals surface area (Å²) in [7, 11) is 1.56. The molecule has 1 N–H and O–H groups in total. The number of carbonyl (C=O) groups is 1. The van der Waals surface area contributed by atoms with Gasteiger partial charge < -0.3 is 10.2 Å². The highest BCUT2D eigenvalue weighted by molar-refractivity contribution is 5.91. The number of anilines is 1. The molecule has 25 heavy (non-hydrogen) atoms. The summed E-state index contributed by atoms with van der Waals surface area (Å²) in [5.41, 5.74) is 1.14. The molecule has 0 aromatic carbocycles. The molecule has 1 aliphatic rings. The number of hydrogen-bond acceptors (Lipinski definition) is 6. The first kappa shape index (κ1) is 16.9. The van der Waals surface area contributed by atoms with Crippen LogP contribution in [-0.2, 0) is 0 Å². The number of pyridine rings is 1. The van der Waals surface area contributed by atoms with E-state index < -0.39 is 4.92 Å². The van der Waals surface area contributed by atoms with E-state index in [9.17, 15) is 14.9 Å². The van der Waals surface area contributed by atoms with Gasteiger partial charge in [-0.25, -0.2) is 4.98 Å². The van der Waals surface area contributed by atoms with Gasteiger partial charge >= 0.3 is 5.69 Å². The van der Waals surface area contributed by atoms with E-state index in [4.69, 9.17) is 0 Å². The molecule has 0 bridgehead atoms. The third kappa shape index (κ3) is 3.44. The maximum atomic E-state index is 11.7. The smallest absolute Gasteiger partial charge is 0.311 e. The Hall–Kier alpha value is -2.97. The molecule has 1 atom stereocenters. The van der Waals surface area contributed by atoms with Gasteiger partial charge in [-0.1, -0.05) is 0 Å². The molecule has 3 rings (SSSR count). The van der Waals surface area contributed by atoms with E-state index in [0.29, 0.717) is 24.6 Å². The van der Waals surface area contributed by atoms with Crippen molar-refractivity contribution in [2.45, 2.75) is 25.8 Å². The average Bonchev–Trinajstić information content (AvgIpc) is 3.11. The summed E-state index contributed by atoms with van der Waals surface area (Å²) in [6.45, 7) is 3.05. The standard InChI is InChI=1S/C16H20N6O3/c1-11-8-14(22(24)25)15(18-9-11)20-6-3-4-12(10-20)21-7-5-13(19-21)16(23)17-2/h5,7-9,12H,3-4,6,10H2,1-2H3,(H,17,23)/t12-/m1/s1. The molecule has 0 radical (unpaired) electrons. The van der Waals surface area contributed by atoms with Crippen molar-refractivity contribution in [2.24, 2.45) is 0 Å². The van der Waals surface area contributed by atoms with Crippen LogP contribution in [0.15, 0.2) is 24.5 Å². The number of nitro groups is 1. The van der Waals surface area contributed by atoms with Crippen molar-refractivity contribution in [1.82, 2.24) is 20.1 Å². The summed E-state index contributed by atoms with van der Waals surface area (Å²) in [5.74, 6) is 0.154. The van der Waals surface area contributed by atoms with Crippen LogP contribution in [0.4, 0.5) is 11.5 Å². The molecule has 0 spiro atoms. The highest BCUT2D eigenvalue weighted by Crippen LogP contribution is 2.31. The van der Waals surface area contributed by atoms with E-state index in [1.807, 2.05) is 4.90 Å². The number of piperidine rings is 1. The molecular formula is C16H20N6O3. The Morgan fingerprint density at radius 1 is 1.48 bits per heavy atom. The molecule has 1 aliphatic heterocycles. The van der Waals surface area contributed by atoms with E-state index in [-0.39, 0.29) is 17.6 Å². The van der Waals surface area contributed by atoms with Crippen molar-refractivity contribution in [3.8, 4) is 0 Å². The van der Waals surface area contributed by atoms with Gasteiger partial charge in [-0.15, -0.1) is 0 Å². The fourth-order valence-electron chi connectivity index (χ4n) is 3.08. The summed E-state index contributed by atoms with van der Waals surface area (Å²) in [5, 5.41) is 18.2. The predicted octanol–water partition coefficient (Wildman–Crippen LogP) is 1.70. The van der Waals surface area contributed by atoms with Gasteiger partial charge in [0.25, 0.3) is 5.91 Å². The van der Waals surface area contributed by atoms with Crippen LogP contribution in [0.5, 0.6) is 0 Å². The Morgan fingerprint density at radius 2 is 2.28 bits per heavy atom. The van der Waals surface area contributed by atoms with Crippen LogP contribution >= 0.6 is 0 Å². The Bertz CT molecular complexity index is 803. The second kappa shape index (κ2) is 6.88. The molecule has 0 unspecified atom stereocenters. The van der Waals surface area contributed by atoms with Crippen molar-refractivity contribution in [3.63, 3.8) is 0 Å². The quantitative estimate of drug-likeness (QED) is 0.668. The van der Waals surface area contributed by atoms with Crippen LogP contribution in [0.3, 0.4) is 0 Å². The van der Waals surface area contributed by atoms with Crippen molar-refractivity contribution in [2.75, 3.05) is 25.0 Å². The summed E-state index contributed by atoms with van der Waals surface area (Å²) in [6, 6.07) is 3.25. The lowest BCUT2D eigenvalue weighted by molar-refractivity contribution is -0.384. The monoisotopic (exact) mass is 344 g/mol. The van der Waals surface area contributed by atoms with Crippen molar-refractivity contribution < 1.29 is 9.72 Å². The third-order valence-electron chi connectivity index (χ3n) is 4.32. The van der Waals surface area contributed by atoms with Gasteiger partial charge in [-0.3, -0.25) is 19.6 Å². The highest BCUT2D eigenvalue weighted by Gasteiger charge is 2.28. The van der Waals surface area contributed by atoms with Crippen molar-refractivity contribution >= 4 is 17.4 Å². The minimum Gasteiger partial charge on any atom is -0.354 e. The molecule has 2 aromatic rings. The van der Waals surface area contributed by atoms with E-state index >= 15 is 0 Å². The molecule has 1 amide bonds. The van der Waals surface area contributed by atoms with E-state index in [1.165, 1.54) is 0 Å². The summed E-state index contributed by atoms with van der Waals surface area (Å²) in [4.78, 5) is 28.8. The molecular weight excluding hydrogens is 324 g/mol. The largest absolute Gasteiger partial charge is 0.354 e. The van der Waals surface area contributed by atoms with Gasteiger partial charge in [0.1, 0.15) is 5.69 Å². The van der Waals surface area contributed by atoms with Crippen molar-refractivity contribution in [3.05, 3.63) is 45.9 Å². The number of hydrogen-bond donors (Lipinski definition) is 1. The lowest BCUT2D eigenvalue weighted by Gasteiger charge is -2.33. The van der Waals surface area contributed by atoms with Gasteiger partial charge in [0.15, 0.2) is 0 Å². The Kier molecular flexibility index (Phi) is 4.64. The number of carbonyl (C=O) groups excluding carboxylic acids is 1. The summed E-state index contributed by atoms with van der Waals surface area (Å²) in [6.07, 6.45) is 5.18. The first-order valence-corrected chi connectivity index (χ1v) is 8.13. The average molecular weight is 344 g/mol. The molecule has 1 fully saturated rings. The van der Waals surface area contributed by atoms with Gasteiger partial charge in [0, 0.05) is 38.6 Å². The maximum absolute atomic E-state index is 11.7. The number of aryl methyl sites for hydroxylation is 1. The van der Waals surface area contributed by atoms with Crippen LogP contribution in [0, 0.1) is 17.0 Å². The first-order valence-electron chi connectivity index (χ1n) is 8.13. The van der Waals surface area contributed by atoms with Crippen LogP contribution < -0.4 is 10.2 Å². The second-order valence-corrected chi connectivity index (χ2v) is 6.11. The van der Waals surface area contributed by atoms with Crippen molar-refractivity contribution in [1.29, 1.82) is 0 Å². The van der Waals surface area contributed by atoms with Crippen LogP contribution in [0.2, 0.25) is 0 Å². The number of nitrogens with one attached hydrogen (secondary N) is 1. The fraction of sp³-hybridized carbons (Fsp3) is 0.438. The second-order valence-electron chi connectivity index (χ2n) is 6.11. The lowest BCUT2D eigenvalue weighted by atomic mass is 10.1. The zero-order valence-electron chi connectivity index (χ0n) is 14.2. The predicted molar refractivity (Wildman–Crippen MR) is 91.7 cm³/mol. The molecule has 2 aromatic heterocycles. The number of amides is 1. The minimum absolute atomic E-state index is 0.0205. The Balaban J connectivity index is 1.83. The number of aromatic nitrogens is 3. The SMILES string of the molecule is CNC(=O)c1ccn([C@@H]2CCCN(c3ncc(C)cc3[N+](=O)[O-])C2)n1. The van der Waals surface area contributed by atoms with Crippen LogP contribution in [0.25, 0.3) is 0 Å². The Morgan fingerprint density at radius 3 is 3.00 bits per heavy atom. The first-order chi connectivity index (χ1) is 12.0. The van der Waals surface area contributed by atoms with Crippen LogP contribution in [-0.4, -0.2) is 45.7 Å². The van der Waals surface area contributed by atoms with E-state index in [0.717, 1.165) is 18.4 Å². The highest BCUT2D eigenvalue weighted by atomic mass is 16.6.